The van der Waals surface area contributed by atoms with Crippen LogP contribution >= 0.6 is 0 Å². The van der Waals surface area contributed by atoms with Crippen LogP contribution in [0.5, 0.6) is 5.75 Å². The minimum absolute atomic E-state index is 0.0541. The first-order valence-electron chi connectivity index (χ1n) is 6.84. The first-order valence-corrected chi connectivity index (χ1v) is 6.84. The minimum Gasteiger partial charge on any atom is -0.405 e. The number of hydrogen-bond acceptors (Lipinski definition) is 4. The van der Waals surface area contributed by atoms with Crippen LogP contribution in [0.3, 0.4) is 0 Å². The highest BCUT2D eigenvalue weighted by atomic mass is 19.4. The monoisotopic (exact) mass is 318 g/mol. The molecule has 1 aliphatic heterocycles. The second-order valence-corrected chi connectivity index (χ2v) is 5.11. The van der Waals surface area contributed by atoms with Crippen LogP contribution in [0.4, 0.5) is 13.2 Å². The van der Waals surface area contributed by atoms with Gasteiger partial charge in [0, 0.05) is 25.2 Å². The molecule has 0 aromatic heterocycles. The maximum Gasteiger partial charge on any atom is 0.573 e. The highest BCUT2D eigenvalue weighted by molar-refractivity contribution is 5.78. The third kappa shape index (κ3) is 5.19. The Kier molecular flexibility index (Phi) is 5.25. The molecule has 1 heterocycles. The van der Waals surface area contributed by atoms with E-state index in [1.54, 1.807) is 11.0 Å². The van der Waals surface area contributed by atoms with E-state index >= 15 is 0 Å². The van der Waals surface area contributed by atoms with Gasteiger partial charge in [-0.15, -0.1) is 13.2 Å². The van der Waals surface area contributed by atoms with Crippen molar-refractivity contribution in [1.29, 1.82) is 0 Å². The number of carbonyl (C=O) groups excluding carboxylic acids is 1. The molecule has 1 aromatic rings. The van der Waals surface area contributed by atoms with Crippen LogP contribution in [-0.2, 0) is 11.3 Å². The molecule has 5 nitrogen and oxygen atoms in total. The fourth-order valence-electron chi connectivity index (χ4n) is 2.28. The number of carbonyl (C=O) groups is 1. The summed E-state index contributed by atoms with van der Waals surface area (Å²) in [5.41, 5.74) is 0.245. The van der Waals surface area contributed by atoms with Crippen molar-refractivity contribution in [2.24, 2.45) is 0 Å². The van der Waals surface area contributed by atoms with E-state index in [9.17, 15) is 23.1 Å². The van der Waals surface area contributed by atoms with Crippen molar-refractivity contribution in [1.82, 2.24) is 10.2 Å². The molecule has 0 radical (unpaired) electrons. The summed E-state index contributed by atoms with van der Waals surface area (Å²) in [5.74, 6) is -0.636. The molecule has 0 aliphatic carbocycles. The number of ether oxygens (including phenoxy) is 1. The lowest BCUT2D eigenvalue weighted by Gasteiger charge is -2.16. The van der Waals surface area contributed by atoms with Gasteiger partial charge < -0.3 is 15.2 Å². The molecule has 22 heavy (non-hydrogen) atoms. The third-order valence-corrected chi connectivity index (χ3v) is 3.29. The average molecular weight is 318 g/mol. The van der Waals surface area contributed by atoms with Gasteiger partial charge >= 0.3 is 6.36 Å². The highest BCUT2D eigenvalue weighted by Gasteiger charge is 2.32. The zero-order chi connectivity index (χ0) is 16.2. The summed E-state index contributed by atoms with van der Waals surface area (Å²) >= 11 is 0. The van der Waals surface area contributed by atoms with Gasteiger partial charge in [-0.2, -0.15) is 0 Å². The van der Waals surface area contributed by atoms with Crippen LogP contribution in [0.15, 0.2) is 24.3 Å². The SMILES string of the molecule is O=C(CN1CC[C@H](O)C1)NCc1ccccc1OC(F)(F)F. The van der Waals surface area contributed by atoms with Crippen LogP contribution in [0.2, 0.25) is 0 Å². The summed E-state index contributed by atoms with van der Waals surface area (Å²) in [5, 5.41) is 11.9. The normalized spacial score (nSPS) is 19.2. The summed E-state index contributed by atoms with van der Waals surface area (Å²) in [7, 11) is 0. The molecule has 1 aliphatic rings. The largest absolute Gasteiger partial charge is 0.573 e. The Hall–Kier alpha value is -1.80. The molecule has 1 aromatic carbocycles. The summed E-state index contributed by atoms with van der Waals surface area (Å²) < 4.78 is 40.8. The molecular formula is C14H17F3N2O3. The number of para-hydroxylation sites is 1. The van der Waals surface area contributed by atoms with E-state index in [2.05, 4.69) is 10.1 Å². The van der Waals surface area contributed by atoms with Gasteiger partial charge in [-0.25, -0.2) is 0 Å². The first kappa shape index (κ1) is 16.6. The Morgan fingerprint density at radius 1 is 1.41 bits per heavy atom. The summed E-state index contributed by atoms with van der Waals surface area (Å²) in [4.78, 5) is 13.6. The van der Waals surface area contributed by atoms with E-state index < -0.39 is 12.5 Å². The number of aliphatic hydroxyl groups is 1. The van der Waals surface area contributed by atoms with Gasteiger partial charge in [0.15, 0.2) is 0 Å². The molecule has 1 amide bonds. The summed E-state index contributed by atoms with van der Waals surface area (Å²) in [6, 6.07) is 5.66. The Bertz CT molecular complexity index is 522. The molecule has 1 saturated heterocycles. The van der Waals surface area contributed by atoms with Crippen molar-refractivity contribution in [3.63, 3.8) is 0 Å². The van der Waals surface area contributed by atoms with E-state index in [1.165, 1.54) is 18.2 Å². The van der Waals surface area contributed by atoms with Crippen molar-refractivity contribution >= 4 is 5.91 Å². The van der Waals surface area contributed by atoms with Crippen molar-refractivity contribution in [3.05, 3.63) is 29.8 Å². The van der Waals surface area contributed by atoms with E-state index in [1.807, 2.05) is 0 Å². The summed E-state index contributed by atoms with van der Waals surface area (Å²) in [6.07, 6.45) is -4.57. The Morgan fingerprint density at radius 2 is 2.14 bits per heavy atom. The standard InChI is InChI=1S/C14H17F3N2O3/c15-14(16,17)22-12-4-2-1-3-10(12)7-18-13(21)9-19-6-5-11(20)8-19/h1-4,11,20H,5-9H2,(H,18,21)/t11-/m0/s1. The van der Waals surface area contributed by atoms with Gasteiger partial charge in [0.1, 0.15) is 5.75 Å². The number of nitrogens with one attached hydrogen (secondary N) is 1. The van der Waals surface area contributed by atoms with Crippen LogP contribution in [0.1, 0.15) is 12.0 Å². The molecule has 8 heteroatoms. The lowest BCUT2D eigenvalue weighted by Crippen LogP contribution is -2.36. The van der Waals surface area contributed by atoms with Crippen molar-refractivity contribution in [2.45, 2.75) is 25.4 Å². The fourth-order valence-corrected chi connectivity index (χ4v) is 2.28. The predicted molar refractivity (Wildman–Crippen MR) is 72.0 cm³/mol. The van der Waals surface area contributed by atoms with E-state index in [4.69, 9.17) is 0 Å². The number of likely N-dealkylation sites (tertiary alicyclic amines) is 1. The number of rotatable bonds is 5. The molecule has 2 N–H and O–H groups in total. The fraction of sp³-hybridized carbons (Fsp3) is 0.500. The Balaban J connectivity index is 1.87. The average Bonchev–Trinajstić information content (AvgIpc) is 2.81. The number of amides is 1. The van der Waals surface area contributed by atoms with Gasteiger partial charge in [0.05, 0.1) is 12.6 Å². The second kappa shape index (κ2) is 6.97. The van der Waals surface area contributed by atoms with Gasteiger partial charge in [0.25, 0.3) is 0 Å². The summed E-state index contributed by atoms with van der Waals surface area (Å²) in [6.45, 7) is 1.12. The molecule has 0 unspecified atom stereocenters. The highest BCUT2D eigenvalue weighted by Crippen LogP contribution is 2.26. The molecular weight excluding hydrogens is 301 g/mol. The molecule has 1 fully saturated rings. The first-order chi connectivity index (χ1) is 10.3. The van der Waals surface area contributed by atoms with Gasteiger partial charge in [0.2, 0.25) is 5.91 Å². The van der Waals surface area contributed by atoms with Crippen LogP contribution in [0, 0.1) is 0 Å². The third-order valence-electron chi connectivity index (χ3n) is 3.29. The zero-order valence-electron chi connectivity index (χ0n) is 11.8. The van der Waals surface area contributed by atoms with Crippen molar-refractivity contribution < 1.29 is 27.8 Å². The number of alkyl halides is 3. The molecule has 2 rings (SSSR count). The second-order valence-electron chi connectivity index (χ2n) is 5.11. The molecule has 122 valence electrons. The smallest absolute Gasteiger partial charge is 0.405 e. The van der Waals surface area contributed by atoms with Gasteiger partial charge in [-0.3, -0.25) is 9.69 Å². The molecule has 0 bridgehead atoms. The van der Waals surface area contributed by atoms with Crippen molar-refractivity contribution in [3.8, 4) is 5.75 Å². The Morgan fingerprint density at radius 3 is 2.77 bits per heavy atom. The van der Waals surface area contributed by atoms with E-state index in [0.29, 0.717) is 19.5 Å². The molecule has 1 atom stereocenters. The lowest BCUT2D eigenvalue weighted by atomic mass is 10.2. The van der Waals surface area contributed by atoms with Crippen LogP contribution < -0.4 is 10.1 Å². The lowest BCUT2D eigenvalue weighted by molar-refractivity contribution is -0.274. The van der Waals surface area contributed by atoms with Gasteiger partial charge in [-0.1, -0.05) is 18.2 Å². The number of benzene rings is 1. The van der Waals surface area contributed by atoms with Crippen LogP contribution in [0.25, 0.3) is 0 Å². The number of hydrogen-bond donors (Lipinski definition) is 2. The van der Waals surface area contributed by atoms with Crippen molar-refractivity contribution in [2.75, 3.05) is 19.6 Å². The number of aliphatic hydroxyl groups excluding tert-OH is 1. The maximum absolute atomic E-state index is 12.3. The quantitative estimate of drug-likeness (QED) is 0.858. The number of nitrogens with zero attached hydrogens (tertiary/aromatic N) is 1. The number of halogens is 3. The zero-order valence-corrected chi connectivity index (χ0v) is 11.8. The van der Waals surface area contributed by atoms with E-state index in [0.717, 1.165) is 0 Å². The predicted octanol–water partition coefficient (Wildman–Crippen LogP) is 1.27. The molecule has 0 saturated carbocycles. The topological polar surface area (TPSA) is 61.8 Å². The van der Waals surface area contributed by atoms with Crippen LogP contribution in [-0.4, -0.2) is 48.0 Å². The maximum atomic E-state index is 12.3. The van der Waals surface area contributed by atoms with E-state index in [-0.39, 0.29) is 30.3 Å². The molecule has 0 spiro atoms. The minimum atomic E-state index is -4.77. The number of β-amino-alcohol motifs (C(OH)–C–C–N with tert-alkyl or cyclic N) is 1. The van der Waals surface area contributed by atoms with Gasteiger partial charge in [-0.05, 0) is 12.5 Å². The Labute approximate surface area is 125 Å².